The molecule has 21 heavy (non-hydrogen) atoms. The van der Waals surface area contributed by atoms with Gasteiger partial charge in [0.15, 0.2) is 0 Å². The van der Waals surface area contributed by atoms with Gasteiger partial charge in [0.25, 0.3) is 0 Å². The van der Waals surface area contributed by atoms with Crippen LogP contribution in [0.1, 0.15) is 44.8 Å². The smallest absolute Gasteiger partial charge is 0.0896 e. The summed E-state index contributed by atoms with van der Waals surface area (Å²) in [5.41, 5.74) is 1.34. The number of hydrogen-bond donors (Lipinski definition) is 1. The summed E-state index contributed by atoms with van der Waals surface area (Å²) < 4.78 is 7.70. The predicted octanol–water partition coefficient (Wildman–Crippen LogP) is 2.42. The Bertz CT molecular complexity index is 489. The van der Waals surface area contributed by atoms with Gasteiger partial charge in [-0.2, -0.15) is 10.4 Å². The van der Waals surface area contributed by atoms with Gasteiger partial charge in [-0.05, 0) is 18.3 Å². The molecule has 0 spiro atoms. The fraction of sp³-hybridized carbons (Fsp3) is 0.750. The van der Waals surface area contributed by atoms with Crippen LogP contribution in [0.4, 0.5) is 0 Å². The van der Waals surface area contributed by atoms with Gasteiger partial charge in [0.05, 0.1) is 18.4 Å². The third-order valence-corrected chi connectivity index (χ3v) is 4.19. The van der Waals surface area contributed by atoms with Crippen molar-refractivity contribution in [2.45, 2.75) is 39.2 Å². The van der Waals surface area contributed by atoms with Gasteiger partial charge in [0.2, 0.25) is 0 Å². The zero-order valence-electron chi connectivity index (χ0n) is 13.3. The molecular formula is C16H26N4O. The Labute approximate surface area is 127 Å². The van der Waals surface area contributed by atoms with Gasteiger partial charge in [-0.1, -0.05) is 13.8 Å². The fourth-order valence-electron chi connectivity index (χ4n) is 2.88. The molecule has 1 fully saturated rings. The Morgan fingerprint density at radius 2 is 2.38 bits per heavy atom. The highest BCUT2D eigenvalue weighted by atomic mass is 16.5. The number of aryl methyl sites for hydroxylation is 1. The monoisotopic (exact) mass is 290 g/mol. The summed E-state index contributed by atoms with van der Waals surface area (Å²) in [6, 6.07) is 2.23. The lowest BCUT2D eigenvalue weighted by molar-refractivity contribution is 0.0897. The minimum atomic E-state index is 0.161. The van der Waals surface area contributed by atoms with Crippen LogP contribution in [0.3, 0.4) is 0 Å². The van der Waals surface area contributed by atoms with Crippen LogP contribution >= 0.6 is 0 Å². The number of hydrogen-bond acceptors (Lipinski definition) is 4. The van der Waals surface area contributed by atoms with E-state index in [-0.39, 0.29) is 11.5 Å². The molecule has 5 heteroatoms. The summed E-state index contributed by atoms with van der Waals surface area (Å²) in [5, 5.41) is 16.5. The molecule has 0 bridgehead atoms. The molecule has 0 saturated carbocycles. The zero-order chi connectivity index (χ0) is 15.3. The van der Waals surface area contributed by atoms with Crippen LogP contribution in [-0.4, -0.2) is 29.5 Å². The Hall–Kier alpha value is -1.38. The molecule has 0 radical (unpaired) electrons. The molecular weight excluding hydrogens is 264 g/mol. The van der Waals surface area contributed by atoms with E-state index in [1.165, 1.54) is 5.56 Å². The average Bonchev–Trinajstić information content (AvgIpc) is 3.05. The Kier molecular flexibility index (Phi) is 5.38. The van der Waals surface area contributed by atoms with Gasteiger partial charge in [0.1, 0.15) is 0 Å². The van der Waals surface area contributed by atoms with E-state index in [1.54, 1.807) is 0 Å². The number of rotatable bonds is 7. The minimum Gasteiger partial charge on any atom is -0.373 e. The molecule has 1 aromatic heterocycles. The van der Waals surface area contributed by atoms with Gasteiger partial charge >= 0.3 is 0 Å². The summed E-state index contributed by atoms with van der Waals surface area (Å²) in [6.07, 6.45) is 6.75. The summed E-state index contributed by atoms with van der Waals surface area (Å²) in [7, 11) is 1.93. The van der Waals surface area contributed by atoms with Crippen LogP contribution in [0.2, 0.25) is 0 Å². The van der Waals surface area contributed by atoms with Crippen LogP contribution in [0.25, 0.3) is 0 Å². The van der Waals surface area contributed by atoms with Crippen molar-refractivity contribution in [2.24, 2.45) is 18.4 Å². The molecule has 2 unspecified atom stereocenters. The predicted molar refractivity (Wildman–Crippen MR) is 81.5 cm³/mol. The number of nitriles is 1. The number of aromatic nitrogens is 2. The molecule has 1 N–H and O–H groups in total. The summed E-state index contributed by atoms with van der Waals surface area (Å²) in [6.45, 7) is 7.13. The van der Waals surface area contributed by atoms with E-state index in [9.17, 15) is 0 Å². The SMILES string of the molecule is Cn1cc(C2OCCC2CNCC(C)(C)CCC#N)cn1. The Morgan fingerprint density at radius 3 is 3.05 bits per heavy atom. The molecule has 0 aromatic carbocycles. The molecule has 2 atom stereocenters. The van der Waals surface area contributed by atoms with Gasteiger partial charge < -0.3 is 10.1 Å². The molecule has 1 aromatic rings. The van der Waals surface area contributed by atoms with E-state index in [0.717, 1.165) is 32.5 Å². The largest absolute Gasteiger partial charge is 0.373 e. The van der Waals surface area contributed by atoms with Crippen LogP contribution in [0.15, 0.2) is 12.4 Å². The topological polar surface area (TPSA) is 62.9 Å². The maximum absolute atomic E-state index is 8.70. The van der Waals surface area contributed by atoms with E-state index in [1.807, 2.05) is 24.1 Å². The van der Waals surface area contributed by atoms with Crippen molar-refractivity contribution in [3.63, 3.8) is 0 Å². The van der Waals surface area contributed by atoms with Crippen molar-refractivity contribution in [2.75, 3.05) is 19.7 Å². The van der Waals surface area contributed by atoms with Gasteiger partial charge in [0, 0.05) is 50.8 Å². The first kappa shape index (κ1) is 16.0. The quantitative estimate of drug-likeness (QED) is 0.837. The molecule has 0 aliphatic carbocycles. The van der Waals surface area contributed by atoms with Crippen LogP contribution in [0, 0.1) is 22.7 Å². The van der Waals surface area contributed by atoms with E-state index in [0.29, 0.717) is 12.3 Å². The van der Waals surface area contributed by atoms with Crippen molar-refractivity contribution in [3.05, 3.63) is 18.0 Å². The second-order valence-corrected chi connectivity index (χ2v) is 6.74. The highest BCUT2D eigenvalue weighted by molar-refractivity contribution is 5.11. The minimum absolute atomic E-state index is 0.161. The Morgan fingerprint density at radius 1 is 1.57 bits per heavy atom. The summed E-state index contributed by atoms with van der Waals surface area (Å²) >= 11 is 0. The van der Waals surface area contributed by atoms with Gasteiger partial charge in [-0.3, -0.25) is 4.68 Å². The first-order valence-electron chi connectivity index (χ1n) is 7.70. The lowest BCUT2D eigenvalue weighted by atomic mass is 9.87. The van der Waals surface area contributed by atoms with Gasteiger partial charge in [-0.25, -0.2) is 0 Å². The lowest BCUT2D eigenvalue weighted by Gasteiger charge is -2.26. The first-order chi connectivity index (χ1) is 10.0. The van der Waals surface area contributed by atoms with Crippen molar-refractivity contribution >= 4 is 0 Å². The van der Waals surface area contributed by atoms with Crippen molar-refractivity contribution in [1.82, 2.24) is 15.1 Å². The zero-order valence-corrected chi connectivity index (χ0v) is 13.3. The van der Waals surface area contributed by atoms with E-state index < -0.39 is 0 Å². The van der Waals surface area contributed by atoms with E-state index >= 15 is 0 Å². The number of nitrogens with one attached hydrogen (secondary N) is 1. The highest BCUT2D eigenvalue weighted by Gasteiger charge is 2.30. The third kappa shape index (κ3) is 4.55. The second-order valence-electron chi connectivity index (χ2n) is 6.74. The van der Waals surface area contributed by atoms with Crippen molar-refractivity contribution < 1.29 is 4.74 Å². The number of ether oxygens (including phenoxy) is 1. The molecule has 0 amide bonds. The maximum atomic E-state index is 8.70. The fourth-order valence-corrected chi connectivity index (χ4v) is 2.88. The molecule has 116 valence electrons. The first-order valence-corrected chi connectivity index (χ1v) is 7.70. The molecule has 1 saturated heterocycles. The Balaban J connectivity index is 1.81. The van der Waals surface area contributed by atoms with E-state index in [4.69, 9.17) is 10.00 Å². The summed E-state index contributed by atoms with van der Waals surface area (Å²) in [5.74, 6) is 0.501. The van der Waals surface area contributed by atoms with Crippen LogP contribution < -0.4 is 5.32 Å². The van der Waals surface area contributed by atoms with Crippen LogP contribution in [-0.2, 0) is 11.8 Å². The van der Waals surface area contributed by atoms with Crippen LogP contribution in [0.5, 0.6) is 0 Å². The molecule has 1 aliphatic rings. The standard InChI is InChI=1S/C16H26N4O/c1-16(2,6-4-7-17)12-18-9-13-5-8-21-15(13)14-10-19-20(3)11-14/h10-11,13,15,18H,4-6,8-9,12H2,1-3H3. The molecule has 2 heterocycles. The number of nitrogens with zero attached hydrogens (tertiary/aromatic N) is 3. The normalized spacial score (nSPS) is 22.4. The average molecular weight is 290 g/mol. The highest BCUT2D eigenvalue weighted by Crippen LogP contribution is 2.34. The molecule has 1 aliphatic heterocycles. The van der Waals surface area contributed by atoms with Crippen molar-refractivity contribution in [1.29, 1.82) is 5.26 Å². The lowest BCUT2D eigenvalue weighted by Crippen LogP contribution is -2.33. The summed E-state index contributed by atoms with van der Waals surface area (Å²) in [4.78, 5) is 0. The van der Waals surface area contributed by atoms with Gasteiger partial charge in [-0.15, -0.1) is 0 Å². The maximum Gasteiger partial charge on any atom is 0.0896 e. The molecule has 5 nitrogen and oxygen atoms in total. The molecule has 2 rings (SSSR count). The van der Waals surface area contributed by atoms with Crippen molar-refractivity contribution in [3.8, 4) is 6.07 Å². The van der Waals surface area contributed by atoms with E-state index in [2.05, 4.69) is 30.3 Å². The third-order valence-electron chi connectivity index (χ3n) is 4.19. The second kappa shape index (κ2) is 7.06.